The van der Waals surface area contributed by atoms with Crippen molar-refractivity contribution >= 4 is 28.7 Å². The van der Waals surface area contributed by atoms with E-state index in [9.17, 15) is 4.79 Å². The Kier molecular flexibility index (Phi) is 3.92. The number of rotatable bonds is 3. The van der Waals surface area contributed by atoms with Gasteiger partial charge in [0.05, 0.1) is 17.4 Å². The van der Waals surface area contributed by atoms with Crippen LogP contribution in [0.2, 0.25) is 0 Å². The van der Waals surface area contributed by atoms with E-state index in [1.54, 1.807) is 10.9 Å². The van der Waals surface area contributed by atoms with Crippen LogP contribution in [0.4, 0.5) is 11.5 Å². The van der Waals surface area contributed by atoms with Gasteiger partial charge in [-0.3, -0.25) is 4.79 Å². The van der Waals surface area contributed by atoms with Gasteiger partial charge >= 0.3 is 0 Å². The van der Waals surface area contributed by atoms with E-state index in [1.165, 1.54) is 30.6 Å². The van der Waals surface area contributed by atoms with Crippen molar-refractivity contribution in [2.24, 2.45) is 0 Å². The largest absolute Gasteiger partial charge is 0.370 e. The Labute approximate surface area is 121 Å². The minimum atomic E-state index is -0.218. The Morgan fingerprint density at radius 1 is 1.20 bits per heavy atom. The molecule has 1 fully saturated rings. The van der Waals surface area contributed by atoms with E-state index in [2.05, 4.69) is 20.2 Å². The first-order valence-corrected chi connectivity index (χ1v) is 7.68. The maximum absolute atomic E-state index is 11.8. The van der Waals surface area contributed by atoms with Crippen LogP contribution in [0.5, 0.6) is 0 Å². The topological polar surface area (TPSA) is 58.1 Å². The lowest BCUT2D eigenvalue weighted by Gasteiger charge is -2.28. The third-order valence-electron chi connectivity index (χ3n) is 3.38. The normalized spacial score (nSPS) is 15.1. The van der Waals surface area contributed by atoms with Gasteiger partial charge in [-0.1, -0.05) is 0 Å². The molecule has 0 atom stereocenters. The second-order valence-electron chi connectivity index (χ2n) is 4.78. The lowest BCUT2D eigenvalue weighted by molar-refractivity contribution is 0.102. The van der Waals surface area contributed by atoms with E-state index in [1.807, 2.05) is 18.3 Å². The van der Waals surface area contributed by atoms with Crippen molar-refractivity contribution in [3.63, 3.8) is 0 Å². The van der Waals surface area contributed by atoms with Gasteiger partial charge in [0.15, 0.2) is 0 Å². The number of thiazole rings is 1. The van der Waals surface area contributed by atoms with E-state index >= 15 is 0 Å². The second kappa shape index (κ2) is 6.00. The van der Waals surface area contributed by atoms with Crippen LogP contribution in [0.25, 0.3) is 0 Å². The number of amides is 1. The number of hydrogen-bond acceptors (Lipinski definition) is 5. The van der Waals surface area contributed by atoms with Crippen molar-refractivity contribution in [1.29, 1.82) is 0 Å². The smallest absolute Gasteiger partial charge is 0.276 e. The summed E-state index contributed by atoms with van der Waals surface area (Å²) in [6.07, 6.45) is 5.61. The molecule has 2 aromatic heterocycles. The predicted octanol–water partition coefficient (Wildman–Crippen LogP) is 2.78. The molecule has 1 saturated heterocycles. The SMILES string of the molecule is O=C(Nc1ccc(N2CCCCC2)cn1)c1cscn1. The van der Waals surface area contributed by atoms with Gasteiger partial charge in [-0.2, -0.15) is 0 Å². The molecule has 20 heavy (non-hydrogen) atoms. The molecule has 1 amide bonds. The first-order chi connectivity index (χ1) is 9.83. The Bertz CT molecular complexity index is 561. The first kappa shape index (κ1) is 13.1. The molecule has 2 aromatic rings. The highest BCUT2D eigenvalue weighted by atomic mass is 32.1. The van der Waals surface area contributed by atoms with Crippen molar-refractivity contribution < 1.29 is 4.79 Å². The fourth-order valence-corrected chi connectivity index (χ4v) is 2.84. The van der Waals surface area contributed by atoms with Crippen LogP contribution in [0.15, 0.2) is 29.2 Å². The second-order valence-corrected chi connectivity index (χ2v) is 5.50. The van der Waals surface area contributed by atoms with Crippen molar-refractivity contribution in [2.75, 3.05) is 23.3 Å². The number of nitrogens with one attached hydrogen (secondary N) is 1. The predicted molar refractivity (Wildman–Crippen MR) is 80.4 cm³/mol. The molecule has 1 aliphatic heterocycles. The van der Waals surface area contributed by atoms with Crippen molar-refractivity contribution in [3.8, 4) is 0 Å². The number of anilines is 2. The molecule has 3 heterocycles. The first-order valence-electron chi connectivity index (χ1n) is 6.73. The van der Waals surface area contributed by atoms with Gasteiger partial charge in [0.25, 0.3) is 5.91 Å². The van der Waals surface area contributed by atoms with Gasteiger partial charge in [0.1, 0.15) is 11.5 Å². The van der Waals surface area contributed by atoms with E-state index in [-0.39, 0.29) is 5.91 Å². The summed E-state index contributed by atoms with van der Waals surface area (Å²) in [4.78, 5) is 22.5. The Balaban J connectivity index is 1.65. The molecule has 0 saturated carbocycles. The van der Waals surface area contributed by atoms with Crippen molar-refractivity contribution in [2.45, 2.75) is 19.3 Å². The fourth-order valence-electron chi connectivity index (χ4n) is 2.30. The quantitative estimate of drug-likeness (QED) is 0.943. The van der Waals surface area contributed by atoms with Crippen molar-refractivity contribution in [3.05, 3.63) is 34.9 Å². The zero-order valence-electron chi connectivity index (χ0n) is 11.1. The van der Waals surface area contributed by atoms with Gasteiger partial charge in [0, 0.05) is 18.5 Å². The van der Waals surface area contributed by atoms with Gasteiger partial charge in [-0.05, 0) is 31.4 Å². The van der Waals surface area contributed by atoms with Gasteiger partial charge in [-0.15, -0.1) is 11.3 Å². The molecule has 104 valence electrons. The Morgan fingerprint density at radius 3 is 2.70 bits per heavy atom. The van der Waals surface area contributed by atoms with Crippen molar-refractivity contribution in [1.82, 2.24) is 9.97 Å². The highest BCUT2D eigenvalue weighted by molar-refractivity contribution is 7.07. The third kappa shape index (κ3) is 2.96. The van der Waals surface area contributed by atoms with Gasteiger partial charge < -0.3 is 10.2 Å². The zero-order valence-corrected chi connectivity index (χ0v) is 11.9. The molecule has 0 bridgehead atoms. The van der Waals surface area contributed by atoms with E-state index in [0.717, 1.165) is 18.8 Å². The Morgan fingerprint density at radius 2 is 2.05 bits per heavy atom. The molecule has 0 unspecified atom stereocenters. The summed E-state index contributed by atoms with van der Waals surface area (Å²) in [7, 11) is 0. The molecule has 3 rings (SSSR count). The molecule has 0 spiro atoms. The number of carbonyl (C=O) groups excluding carboxylic acids is 1. The van der Waals surface area contributed by atoms with Crippen LogP contribution in [0.1, 0.15) is 29.8 Å². The maximum Gasteiger partial charge on any atom is 0.276 e. The monoisotopic (exact) mass is 288 g/mol. The summed E-state index contributed by atoms with van der Waals surface area (Å²) >= 11 is 1.40. The summed E-state index contributed by atoms with van der Waals surface area (Å²) in [6, 6.07) is 3.85. The number of pyridine rings is 1. The summed E-state index contributed by atoms with van der Waals surface area (Å²) in [5.74, 6) is 0.341. The number of nitrogens with zero attached hydrogens (tertiary/aromatic N) is 3. The van der Waals surface area contributed by atoms with Gasteiger partial charge in [-0.25, -0.2) is 9.97 Å². The molecular formula is C14H16N4OS. The fraction of sp³-hybridized carbons (Fsp3) is 0.357. The summed E-state index contributed by atoms with van der Waals surface area (Å²) in [5.41, 5.74) is 3.19. The van der Waals surface area contributed by atoms with E-state index < -0.39 is 0 Å². The molecular weight excluding hydrogens is 272 g/mol. The van der Waals surface area contributed by atoms with E-state index in [0.29, 0.717) is 11.5 Å². The molecule has 5 nitrogen and oxygen atoms in total. The molecule has 0 aromatic carbocycles. The average molecular weight is 288 g/mol. The highest BCUT2D eigenvalue weighted by Crippen LogP contribution is 2.20. The minimum absolute atomic E-state index is 0.218. The van der Waals surface area contributed by atoms with Gasteiger partial charge in [0.2, 0.25) is 0 Å². The molecule has 1 N–H and O–H groups in total. The summed E-state index contributed by atoms with van der Waals surface area (Å²) < 4.78 is 0. The van der Waals surface area contributed by atoms with Crippen LogP contribution >= 0.6 is 11.3 Å². The van der Waals surface area contributed by atoms with Crippen LogP contribution < -0.4 is 10.2 Å². The maximum atomic E-state index is 11.8. The standard InChI is InChI=1S/C14H16N4OS/c19-14(12-9-20-10-16-12)17-13-5-4-11(8-15-13)18-6-2-1-3-7-18/h4-5,8-10H,1-3,6-7H2,(H,15,17,19). The molecule has 0 aliphatic carbocycles. The van der Waals surface area contributed by atoms with E-state index in [4.69, 9.17) is 0 Å². The van der Waals surface area contributed by atoms with Crippen LogP contribution in [-0.2, 0) is 0 Å². The minimum Gasteiger partial charge on any atom is -0.370 e. The number of carbonyl (C=O) groups is 1. The lowest BCUT2D eigenvalue weighted by Crippen LogP contribution is -2.29. The Hall–Kier alpha value is -1.95. The number of piperidine rings is 1. The molecule has 1 aliphatic rings. The van der Waals surface area contributed by atoms with Crippen LogP contribution in [0, 0.1) is 0 Å². The number of hydrogen-bond donors (Lipinski definition) is 1. The van der Waals surface area contributed by atoms with Crippen LogP contribution in [0.3, 0.4) is 0 Å². The lowest BCUT2D eigenvalue weighted by atomic mass is 10.1. The third-order valence-corrected chi connectivity index (χ3v) is 3.96. The molecule has 6 heteroatoms. The highest BCUT2D eigenvalue weighted by Gasteiger charge is 2.12. The number of aromatic nitrogens is 2. The zero-order chi connectivity index (χ0) is 13.8. The summed E-state index contributed by atoms with van der Waals surface area (Å²) in [5, 5.41) is 4.47. The molecule has 0 radical (unpaired) electrons. The van der Waals surface area contributed by atoms with Crippen LogP contribution in [-0.4, -0.2) is 29.0 Å². The summed E-state index contributed by atoms with van der Waals surface area (Å²) in [6.45, 7) is 2.18. The average Bonchev–Trinajstić information content (AvgIpc) is 3.03.